The Kier molecular flexibility index (Phi) is 5.86. The van der Waals surface area contributed by atoms with E-state index in [-0.39, 0.29) is 0 Å². The van der Waals surface area contributed by atoms with Gasteiger partial charge in [-0.05, 0) is 42.3 Å². The molecule has 0 amide bonds. The minimum atomic E-state index is 1.04. The van der Waals surface area contributed by atoms with Gasteiger partial charge in [-0.25, -0.2) is 0 Å². The molecule has 2 N–H and O–H groups in total. The smallest absolute Gasteiger partial charge is 0.00768 e. The molecule has 2 rings (SSSR count). The highest BCUT2D eigenvalue weighted by molar-refractivity contribution is 5.85. The Bertz CT molecular complexity index is 488. The van der Waals surface area contributed by atoms with Gasteiger partial charge in [0, 0.05) is 13.1 Å². The molecule has 0 saturated carbocycles. The normalized spacial score (nSPS) is 11.0. The van der Waals surface area contributed by atoms with Crippen LogP contribution in [0.1, 0.15) is 18.9 Å². The molecular weight excluding hydrogens is 232 g/mol. The van der Waals surface area contributed by atoms with E-state index in [4.69, 9.17) is 0 Å². The Morgan fingerprint density at radius 3 is 2.37 bits per heavy atom. The van der Waals surface area contributed by atoms with Gasteiger partial charge in [0.1, 0.15) is 0 Å². The highest BCUT2D eigenvalue weighted by Crippen LogP contribution is 2.18. The molecule has 2 aromatic rings. The van der Waals surface area contributed by atoms with Gasteiger partial charge in [0.15, 0.2) is 0 Å². The predicted octanol–water partition coefficient (Wildman–Crippen LogP) is 2.97. The van der Waals surface area contributed by atoms with Crippen molar-refractivity contribution >= 4 is 10.8 Å². The monoisotopic (exact) mass is 256 g/mol. The first-order valence-corrected chi connectivity index (χ1v) is 7.30. The van der Waals surface area contributed by atoms with E-state index < -0.39 is 0 Å². The fourth-order valence-electron chi connectivity index (χ4n) is 2.34. The van der Waals surface area contributed by atoms with Crippen molar-refractivity contribution in [1.29, 1.82) is 0 Å². The molecule has 0 aliphatic heterocycles. The average molecular weight is 256 g/mol. The van der Waals surface area contributed by atoms with Gasteiger partial charge in [-0.2, -0.15) is 0 Å². The third kappa shape index (κ3) is 4.34. The maximum Gasteiger partial charge on any atom is 0.00768 e. The van der Waals surface area contributed by atoms with Crippen LogP contribution >= 0.6 is 0 Å². The Morgan fingerprint density at radius 2 is 1.53 bits per heavy atom. The summed E-state index contributed by atoms with van der Waals surface area (Å²) in [6.45, 7) is 6.46. The maximum absolute atomic E-state index is 3.49. The summed E-state index contributed by atoms with van der Waals surface area (Å²) in [4.78, 5) is 0. The van der Waals surface area contributed by atoms with Crippen molar-refractivity contribution < 1.29 is 0 Å². The van der Waals surface area contributed by atoms with E-state index in [0.29, 0.717) is 0 Å². The van der Waals surface area contributed by atoms with E-state index in [0.717, 1.165) is 32.6 Å². The van der Waals surface area contributed by atoms with Crippen molar-refractivity contribution in [1.82, 2.24) is 10.6 Å². The summed E-state index contributed by atoms with van der Waals surface area (Å²) in [5.74, 6) is 0. The SMILES string of the molecule is CCCNCCNCCc1cccc2ccccc12. The summed E-state index contributed by atoms with van der Waals surface area (Å²) in [7, 11) is 0. The van der Waals surface area contributed by atoms with E-state index in [1.807, 2.05) is 0 Å². The van der Waals surface area contributed by atoms with E-state index in [1.54, 1.807) is 0 Å². The van der Waals surface area contributed by atoms with Crippen molar-refractivity contribution in [3.63, 3.8) is 0 Å². The lowest BCUT2D eigenvalue weighted by molar-refractivity contribution is 0.607. The molecule has 0 aliphatic carbocycles. The van der Waals surface area contributed by atoms with Crippen molar-refractivity contribution in [3.05, 3.63) is 48.0 Å². The van der Waals surface area contributed by atoms with Gasteiger partial charge in [0.25, 0.3) is 0 Å². The molecule has 102 valence electrons. The number of hydrogen-bond donors (Lipinski definition) is 2. The summed E-state index contributed by atoms with van der Waals surface area (Å²) in [5, 5.41) is 9.62. The topological polar surface area (TPSA) is 24.1 Å². The van der Waals surface area contributed by atoms with Crippen LogP contribution < -0.4 is 10.6 Å². The predicted molar refractivity (Wildman–Crippen MR) is 83.7 cm³/mol. The molecule has 0 aromatic heterocycles. The molecule has 0 unspecified atom stereocenters. The molecule has 0 bridgehead atoms. The van der Waals surface area contributed by atoms with Crippen molar-refractivity contribution in [3.8, 4) is 0 Å². The lowest BCUT2D eigenvalue weighted by Crippen LogP contribution is -2.29. The fourth-order valence-corrected chi connectivity index (χ4v) is 2.34. The number of benzene rings is 2. The molecule has 0 radical (unpaired) electrons. The highest BCUT2D eigenvalue weighted by atomic mass is 14.9. The van der Waals surface area contributed by atoms with Crippen LogP contribution in [0.25, 0.3) is 10.8 Å². The second-order valence-corrected chi connectivity index (χ2v) is 4.89. The minimum Gasteiger partial charge on any atom is -0.315 e. The third-order valence-corrected chi connectivity index (χ3v) is 3.36. The van der Waals surface area contributed by atoms with E-state index >= 15 is 0 Å². The van der Waals surface area contributed by atoms with Gasteiger partial charge in [-0.1, -0.05) is 49.4 Å². The van der Waals surface area contributed by atoms with E-state index in [9.17, 15) is 0 Å². The molecule has 2 heteroatoms. The Labute approximate surface area is 116 Å². The van der Waals surface area contributed by atoms with Gasteiger partial charge in [0.05, 0.1) is 0 Å². The van der Waals surface area contributed by atoms with E-state index in [2.05, 4.69) is 60.0 Å². The lowest BCUT2D eigenvalue weighted by atomic mass is 10.0. The van der Waals surface area contributed by atoms with Crippen LogP contribution in [0.5, 0.6) is 0 Å². The second-order valence-electron chi connectivity index (χ2n) is 4.89. The second kappa shape index (κ2) is 7.93. The lowest BCUT2D eigenvalue weighted by Gasteiger charge is -2.08. The summed E-state index contributed by atoms with van der Waals surface area (Å²) in [5.41, 5.74) is 1.44. The first-order chi connectivity index (χ1) is 9.42. The molecule has 2 nitrogen and oxygen atoms in total. The average Bonchev–Trinajstić information content (AvgIpc) is 2.46. The zero-order chi connectivity index (χ0) is 13.3. The van der Waals surface area contributed by atoms with Crippen LogP contribution in [0.4, 0.5) is 0 Å². The molecule has 2 aromatic carbocycles. The van der Waals surface area contributed by atoms with Crippen LogP contribution in [-0.4, -0.2) is 26.2 Å². The zero-order valence-corrected chi connectivity index (χ0v) is 11.8. The van der Waals surface area contributed by atoms with Gasteiger partial charge in [-0.3, -0.25) is 0 Å². The Balaban J connectivity index is 1.78. The maximum atomic E-state index is 3.49. The van der Waals surface area contributed by atoms with Gasteiger partial charge in [-0.15, -0.1) is 0 Å². The standard InChI is InChI=1S/C17H24N2/c1-2-11-18-13-14-19-12-10-16-8-5-7-15-6-3-4-9-17(15)16/h3-9,18-19H,2,10-14H2,1H3. The molecular formula is C17H24N2. The highest BCUT2D eigenvalue weighted by Gasteiger charge is 1.99. The molecule has 0 spiro atoms. The van der Waals surface area contributed by atoms with Crippen molar-refractivity contribution in [2.45, 2.75) is 19.8 Å². The number of fused-ring (bicyclic) bond motifs is 1. The van der Waals surface area contributed by atoms with Crippen molar-refractivity contribution in [2.75, 3.05) is 26.2 Å². The Hall–Kier alpha value is -1.38. The third-order valence-electron chi connectivity index (χ3n) is 3.36. The van der Waals surface area contributed by atoms with Gasteiger partial charge < -0.3 is 10.6 Å². The first-order valence-electron chi connectivity index (χ1n) is 7.30. The van der Waals surface area contributed by atoms with E-state index in [1.165, 1.54) is 22.8 Å². The van der Waals surface area contributed by atoms with Crippen LogP contribution in [0.15, 0.2) is 42.5 Å². The van der Waals surface area contributed by atoms with Crippen LogP contribution in [0.3, 0.4) is 0 Å². The number of rotatable bonds is 8. The minimum absolute atomic E-state index is 1.04. The number of hydrogen-bond acceptors (Lipinski definition) is 2. The molecule has 0 atom stereocenters. The Morgan fingerprint density at radius 1 is 0.789 bits per heavy atom. The van der Waals surface area contributed by atoms with Crippen LogP contribution in [0, 0.1) is 0 Å². The first kappa shape index (κ1) is 14.0. The molecule has 0 saturated heterocycles. The quantitative estimate of drug-likeness (QED) is 0.710. The van der Waals surface area contributed by atoms with Gasteiger partial charge in [0.2, 0.25) is 0 Å². The van der Waals surface area contributed by atoms with Crippen LogP contribution in [-0.2, 0) is 6.42 Å². The summed E-state index contributed by atoms with van der Waals surface area (Å²) in [6, 6.07) is 15.2. The van der Waals surface area contributed by atoms with Crippen molar-refractivity contribution in [2.24, 2.45) is 0 Å². The summed E-state index contributed by atoms with van der Waals surface area (Å²) in [6.07, 6.45) is 2.30. The molecule has 0 heterocycles. The largest absolute Gasteiger partial charge is 0.315 e. The molecule has 0 fully saturated rings. The summed E-state index contributed by atoms with van der Waals surface area (Å²) < 4.78 is 0. The zero-order valence-electron chi connectivity index (χ0n) is 11.8. The molecule has 0 aliphatic rings. The van der Waals surface area contributed by atoms with Crippen LogP contribution in [0.2, 0.25) is 0 Å². The fraction of sp³-hybridized carbons (Fsp3) is 0.412. The summed E-state index contributed by atoms with van der Waals surface area (Å²) >= 11 is 0. The van der Waals surface area contributed by atoms with Gasteiger partial charge >= 0.3 is 0 Å². The number of nitrogens with one attached hydrogen (secondary N) is 2. The molecule has 19 heavy (non-hydrogen) atoms.